The van der Waals surface area contributed by atoms with E-state index >= 15 is 0 Å². The number of hydrogen-bond donors (Lipinski definition) is 0. The minimum Gasteiger partial charge on any atom is -0.467 e. The summed E-state index contributed by atoms with van der Waals surface area (Å²) in [4.78, 5) is 23.3. The summed E-state index contributed by atoms with van der Waals surface area (Å²) >= 11 is 0. The predicted octanol–water partition coefficient (Wildman–Crippen LogP) is 0.339. The Morgan fingerprint density at radius 1 is 1.47 bits per heavy atom. The molecule has 1 aliphatic rings. The van der Waals surface area contributed by atoms with E-state index < -0.39 is 30.6 Å². The van der Waals surface area contributed by atoms with Gasteiger partial charge < -0.3 is 14.4 Å². The molecule has 0 bridgehead atoms. The second-order valence-electron chi connectivity index (χ2n) is 3.51. The van der Waals surface area contributed by atoms with Gasteiger partial charge in [-0.25, -0.2) is 4.79 Å². The van der Waals surface area contributed by atoms with Crippen LogP contribution in [0.2, 0.25) is 0 Å². The Morgan fingerprint density at radius 2 is 2.12 bits per heavy atom. The standard InChI is InChI=1S/C9H12F3NO4/c1-16-8(15)6-5-13(2-3-17-6)7(14)4-9(10,11)12/h6H,2-5H2,1H3. The SMILES string of the molecule is COC(=O)C1CN(C(=O)CC(F)(F)F)CCO1. The van der Waals surface area contributed by atoms with Crippen LogP contribution in [0.4, 0.5) is 13.2 Å². The maximum atomic E-state index is 12.0. The van der Waals surface area contributed by atoms with Crippen molar-refractivity contribution in [3.8, 4) is 0 Å². The monoisotopic (exact) mass is 255 g/mol. The quantitative estimate of drug-likeness (QED) is 0.668. The summed E-state index contributed by atoms with van der Waals surface area (Å²) < 4.78 is 45.4. The first-order valence-electron chi connectivity index (χ1n) is 4.87. The van der Waals surface area contributed by atoms with Crippen molar-refractivity contribution in [3.63, 3.8) is 0 Å². The number of carbonyl (C=O) groups excluding carboxylic acids is 2. The van der Waals surface area contributed by atoms with Crippen LogP contribution >= 0.6 is 0 Å². The van der Waals surface area contributed by atoms with E-state index in [4.69, 9.17) is 4.74 Å². The van der Waals surface area contributed by atoms with Crippen molar-refractivity contribution in [1.29, 1.82) is 0 Å². The van der Waals surface area contributed by atoms with Gasteiger partial charge in [0, 0.05) is 6.54 Å². The molecule has 1 heterocycles. The first-order chi connectivity index (χ1) is 7.83. The van der Waals surface area contributed by atoms with Gasteiger partial charge in [0.25, 0.3) is 0 Å². The van der Waals surface area contributed by atoms with Gasteiger partial charge in [-0.15, -0.1) is 0 Å². The zero-order valence-electron chi connectivity index (χ0n) is 9.12. The van der Waals surface area contributed by atoms with Crippen molar-refractivity contribution >= 4 is 11.9 Å². The fourth-order valence-electron chi connectivity index (χ4n) is 1.43. The lowest BCUT2D eigenvalue weighted by atomic mass is 10.2. The van der Waals surface area contributed by atoms with Crippen molar-refractivity contribution < 1.29 is 32.2 Å². The highest BCUT2D eigenvalue weighted by molar-refractivity contribution is 5.79. The molecule has 0 aromatic carbocycles. The molecule has 0 aromatic rings. The van der Waals surface area contributed by atoms with Crippen molar-refractivity contribution in [1.82, 2.24) is 4.90 Å². The highest BCUT2D eigenvalue weighted by atomic mass is 19.4. The van der Waals surface area contributed by atoms with Gasteiger partial charge in [-0.05, 0) is 0 Å². The van der Waals surface area contributed by atoms with Gasteiger partial charge in [0.2, 0.25) is 5.91 Å². The summed E-state index contributed by atoms with van der Waals surface area (Å²) in [7, 11) is 1.14. The van der Waals surface area contributed by atoms with Crippen LogP contribution in [0.15, 0.2) is 0 Å². The van der Waals surface area contributed by atoms with E-state index in [0.29, 0.717) is 0 Å². The number of halogens is 3. The smallest absolute Gasteiger partial charge is 0.397 e. The van der Waals surface area contributed by atoms with Crippen molar-refractivity contribution in [2.24, 2.45) is 0 Å². The summed E-state index contributed by atoms with van der Waals surface area (Å²) in [5.41, 5.74) is 0. The third kappa shape index (κ3) is 4.22. The van der Waals surface area contributed by atoms with Gasteiger partial charge >= 0.3 is 12.1 Å². The minimum absolute atomic E-state index is 0.0172. The van der Waals surface area contributed by atoms with E-state index in [1.54, 1.807) is 0 Å². The molecule has 17 heavy (non-hydrogen) atoms. The summed E-state index contributed by atoms with van der Waals surface area (Å²) in [6, 6.07) is 0. The van der Waals surface area contributed by atoms with Crippen LogP contribution in [0.25, 0.3) is 0 Å². The Morgan fingerprint density at radius 3 is 2.65 bits per heavy atom. The number of alkyl halides is 3. The lowest BCUT2D eigenvalue weighted by molar-refractivity contribution is -0.171. The third-order valence-corrected chi connectivity index (χ3v) is 2.23. The van der Waals surface area contributed by atoms with Crippen LogP contribution in [0, 0.1) is 0 Å². The number of ether oxygens (including phenoxy) is 2. The third-order valence-electron chi connectivity index (χ3n) is 2.23. The highest BCUT2D eigenvalue weighted by Crippen LogP contribution is 2.21. The van der Waals surface area contributed by atoms with Gasteiger partial charge in [-0.1, -0.05) is 0 Å². The molecule has 0 saturated carbocycles. The van der Waals surface area contributed by atoms with E-state index in [9.17, 15) is 22.8 Å². The largest absolute Gasteiger partial charge is 0.467 e. The maximum Gasteiger partial charge on any atom is 0.397 e. The molecule has 0 N–H and O–H groups in total. The van der Waals surface area contributed by atoms with Crippen LogP contribution in [-0.4, -0.2) is 55.9 Å². The summed E-state index contributed by atoms with van der Waals surface area (Å²) in [5, 5.41) is 0. The van der Waals surface area contributed by atoms with E-state index in [-0.39, 0.29) is 19.7 Å². The van der Waals surface area contributed by atoms with Gasteiger partial charge in [-0.3, -0.25) is 4.79 Å². The van der Waals surface area contributed by atoms with Gasteiger partial charge in [-0.2, -0.15) is 13.2 Å². The average Bonchev–Trinajstić information content (AvgIpc) is 2.26. The number of methoxy groups -OCH3 is 1. The Balaban J connectivity index is 2.55. The summed E-state index contributed by atoms with van der Waals surface area (Å²) in [6.45, 7) is -0.145. The molecular weight excluding hydrogens is 243 g/mol. The molecule has 5 nitrogen and oxygen atoms in total. The first kappa shape index (κ1) is 13.8. The molecular formula is C9H12F3NO4. The molecule has 1 unspecified atom stereocenters. The van der Waals surface area contributed by atoms with Crippen LogP contribution in [0.5, 0.6) is 0 Å². The van der Waals surface area contributed by atoms with Crippen molar-refractivity contribution in [2.45, 2.75) is 18.7 Å². The van der Waals surface area contributed by atoms with Gasteiger partial charge in [0.05, 0.1) is 20.3 Å². The average molecular weight is 255 g/mol. The Kier molecular flexibility index (Phi) is 4.33. The van der Waals surface area contributed by atoms with E-state index in [2.05, 4.69) is 4.74 Å². The number of hydrogen-bond acceptors (Lipinski definition) is 4. The molecule has 1 saturated heterocycles. The minimum atomic E-state index is -4.55. The predicted molar refractivity (Wildman–Crippen MR) is 49.0 cm³/mol. The second kappa shape index (κ2) is 5.35. The number of esters is 1. The van der Waals surface area contributed by atoms with Crippen LogP contribution in [0.1, 0.15) is 6.42 Å². The number of carbonyl (C=O) groups is 2. The van der Waals surface area contributed by atoms with Gasteiger partial charge in [0.1, 0.15) is 6.42 Å². The molecule has 1 aliphatic heterocycles. The fraction of sp³-hybridized carbons (Fsp3) is 0.778. The maximum absolute atomic E-state index is 12.0. The summed E-state index contributed by atoms with van der Waals surface area (Å²) in [5.74, 6) is -1.76. The van der Waals surface area contributed by atoms with Crippen molar-refractivity contribution in [2.75, 3.05) is 26.8 Å². The molecule has 1 rings (SSSR count). The first-order valence-corrected chi connectivity index (χ1v) is 4.87. The van der Waals surface area contributed by atoms with Crippen LogP contribution < -0.4 is 0 Å². The molecule has 0 aromatic heterocycles. The highest BCUT2D eigenvalue weighted by Gasteiger charge is 2.36. The topological polar surface area (TPSA) is 55.8 Å². The van der Waals surface area contributed by atoms with Crippen molar-refractivity contribution in [3.05, 3.63) is 0 Å². The lowest BCUT2D eigenvalue weighted by Crippen LogP contribution is -2.49. The number of rotatable bonds is 2. The van der Waals surface area contributed by atoms with E-state index in [1.165, 1.54) is 0 Å². The molecule has 0 spiro atoms. The number of nitrogens with zero attached hydrogens (tertiary/aromatic N) is 1. The number of morpholine rings is 1. The second-order valence-corrected chi connectivity index (χ2v) is 3.51. The molecule has 1 atom stereocenters. The van der Waals surface area contributed by atoms with E-state index in [0.717, 1.165) is 12.0 Å². The molecule has 0 aliphatic carbocycles. The van der Waals surface area contributed by atoms with Crippen LogP contribution in [0.3, 0.4) is 0 Å². The normalized spacial score (nSPS) is 21.2. The summed E-state index contributed by atoms with van der Waals surface area (Å²) in [6.07, 6.45) is -7.08. The van der Waals surface area contributed by atoms with Crippen LogP contribution in [-0.2, 0) is 19.1 Å². The molecule has 8 heteroatoms. The lowest BCUT2D eigenvalue weighted by Gasteiger charge is -2.31. The molecule has 98 valence electrons. The van der Waals surface area contributed by atoms with E-state index in [1.807, 2.05) is 0 Å². The number of amides is 1. The Labute approximate surface area is 95.5 Å². The fourth-order valence-corrected chi connectivity index (χ4v) is 1.43. The molecule has 0 radical (unpaired) electrons. The Bertz CT molecular complexity index is 305. The molecule has 1 amide bonds. The van der Waals surface area contributed by atoms with Gasteiger partial charge in [0.15, 0.2) is 6.10 Å². The zero-order chi connectivity index (χ0) is 13.1. The molecule has 1 fully saturated rings. The zero-order valence-corrected chi connectivity index (χ0v) is 9.12. The Hall–Kier alpha value is -1.31.